The van der Waals surface area contributed by atoms with Gasteiger partial charge in [0.15, 0.2) is 0 Å². The van der Waals surface area contributed by atoms with Crippen LogP contribution in [-0.2, 0) is 11.2 Å². The highest BCUT2D eigenvalue weighted by molar-refractivity contribution is 5.82. The molecule has 0 radical (unpaired) electrons. The molecule has 1 unspecified atom stereocenters. The van der Waals surface area contributed by atoms with E-state index in [9.17, 15) is 4.79 Å². The van der Waals surface area contributed by atoms with Crippen molar-refractivity contribution in [2.24, 2.45) is 5.73 Å². The average molecular weight is 277 g/mol. The van der Waals surface area contributed by atoms with Crippen LogP contribution in [0.2, 0.25) is 0 Å². The number of carbonyl (C=O) groups excluding carboxylic acids is 1. The number of rotatable bonds is 8. The molecule has 1 aromatic carbocycles. The first-order valence-corrected chi connectivity index (χ1v) is 7.27. The zero-order chi connectivity index (χ0) is 15.0. The lowest BCUT2D eigenvalue weighted by Gasteiger charge is -2.26. The molecule has 4 nitrogen and oxygen atoms in total. The van der Waals surface area contributed by atoms with Crippen molar-refractivity contribution < 1.29 is 4.79 Å². The molecule has 0 fully saturated rings. The molecule has 1 atom stereocenters. The van der Waals surface area contributed by atoms with Gasteiger partial charge in [-0.15, -0.1) is 0 Å². The Labute approximate surface area is 122 Å². The van der Waals surface area contributed by atoms with E-state index in [4.69, 9.17) is 5.73 Å². The molecule has 1 rings (SSSR count). The summed E-state index contributed by atoms with van der Waals surface area (Å²) in [6.45, 7) is 4.46. The van der Waals surface area contributed by atoms with Crippen LogP contribution in [0.5, 0.6) is 0 Å². The van der Waals surface area contributed by atoms with Crippen LogP contribution in [0.3, 0.4) is 0 Å². The molecule has 4 heteroatoms. The molecule has 0 heterocycles. The summed E-state index contributed by atoms with van der Waals surface area (Å²) >= 11 is 0. The third-order valence-corrected chi connectivity index (χ3v) is 3.24. The maximum absolute atomic E-state index is 12.4. The zero-order valence-corrected chi connectivity index (χ0v) is 12.9. The fourth-order valence-electron chi connectivity index (χ4n) is 2.11. The van der Waals surface area contributed by atoms with Crippen LogP contribution in [0.15, 0.2) is 30.3 Å². The van der Waals surface area contributed by atoms with Gasteiger partial charge in [-0.3, -0.25) is 4.79 Å². The van der Waals surface area contributed by atoms with Gasteiger partial charge in [0.2, 0.25) is 5.91 Å². The number of hydrogen-bond acceptors (Lipinski definition) is 3. The smallest absolute Gasteiger partial charge is 0.239 e. The Bertz CT molecular complexity index is 392. The van der Waals surface area contributed by atoms with E-state index in [2.05, 4.69) is 11.8 Å². The molecular weight excluding hydrogens is 250 g/mol. The summed E-state index contributed by atoms with van der Waals surface area (Å²) in [5.74, 6) is 0.0533. The number of benzene rings is 1. The topological polar surface area (TPSA) is 49.6 Å². The predicted molar refractivity (Wildman–Crippen MR) is 83.5 cm³/mol. The van der Waals surface area contributed by atoms with E-state index in [-0.39, 0.29) is 5.91 Å². The number of amides is 1. The normalized spacial score (nSPS) is 12.4. The minimum absolute atomic E-state index is 0.0533. The lowest BCUT2D eigenvalue weighted by atomic mass is 10.1. The maximum atomic E-state index is 12.4. The molecule has 0 aliphatic carbocycles. The Balaban J connectivity index is 2.58. The maximum Gasteiger partial charge on any atom is 0.239 e. The second kappa shape index (κ2) is 8.72. The van der Waals surface area contributed by atoms with Gasteiger partial charge in [-0.1, -0.05) is 37.3 Å². The van der Waals surface area contributed by atoms with E-state index < -0.39 is 6.04 Å². The summed E-state index contributed by atoms with van der Waals surface area (Å²) in [5.41, 5.74) is 7.19. The molecule has 1 amide bonds. The monoisotopic (exact) mass is 277 g/mol. The lowest BCUT2D eigenvalue weighted by molar-refractivity contribution is -0.132. The van der Waals surface area contributed by atoms with Crippen LogP contribution in [0.1, 0.15) is 18.9 Å². The average Bonchev–Trinajstić information content (AvgIpc) is 2.43. The van der Waals surface area contributed by atoms with Crippen LogP contribution in [0.25, 0.3) is 0 Å². The van der Waals surface area contributed by atoms with E-state index in [0.29, 0.717) is 6.42 Å². The molecule has 0 aliphatic rings. The largest absolute Gasteiger partial charge is 0.340 e. The van der Waals surface area contributed by atoms with Gasteiger partial charge in [0, 0.05) is 19.6 Å². The summed E-state index contributed by atoms with van der Waals surface area (Å²) in [4.78, 5) is 16.4. The van der Waals surface area contributed by atoms with Gasteiger partial charge in [0.25, 0.3) is 0 Å². The molecule has 0 aliphatic heterocycles. The summed E-state index contributed by atoms with van der Waals surface area (Å²) < 4.78 is 0. The Kier molecular flexibility index (Phi) is 7.26. The molecule has 0 saturated heterocycles. The highest BCUT2D eigenvalue weighted by atomic mass is 16.2. The van der Waals surface area contributed by atoms with Crippen molar-refractivity contribution in [3.63, 3.8) is 0 Å². The zero-order valence-electron chi connectivity index (χ0n) is 12.9. The third-order valence-electron chi connectivity index (χ3n) is 3.24. The number of likely N-dealkylation sites (N-methyl/N-ethyl adjacent to an activating group) is 1. The molecule has 0 aromatic heterocycles. The van der Waals surface area contributed by atoms with Crippen molar-refractivity contribution in [3.05, 3.63) is 35.9 Å². The van der Waals surface area contributed by atoms with Crippen LogP contribution in [-0.4, -0.2) is 55.5 Å². The van der Waals surface area contributed by atoms with E-state index in [1.165, 1.54) is 0 Å². The lowest BCUT2D eigenvalue weighted by Crippen LogP contribution is -2.47. The van der Waals surface area contributed by atoms with E-state index in [1.807, 2.05) is 49.3 Å². The fourth-order valence-corrected chi connectivity index (χ4v) is 2.11. The van der Waals surface area contributed by atoms with Crippen molar-refractivity contribution in [2.75, 3.05) is 33.7 Å². The molecule has 20 heavy (non-hydrogen) atoms. The molecule has 112 valence electrons. The Morgan fingerprint density at radius 3 is 2.35 bits per heavy atom. The summed E-state index contributed by atoms with van der Waals surface area (Å²) in [6.07, 6.45) is 1.55. The standard InChI is InChI=1S/C16H27N3O/c1-4-10-19(12-11-18(2)3)16(20)15(17)13-14-8-6-5-7-9-14/h5-9,15H,4,10-13,17H2,1-3H3. The van der Waals surface area contributed by atoms with Gasteiger partial charge in [-0.25, -0.2) is 0 Å². The van der Waals surface area contributed by atoms with Crippen LogP contribution < -0.4 is 5.73 Å². The van der Waals surface area contributed by atoms with Gasteiger partial charge in [-0.05, 0) is 32.5 Å². The first-order chi connectivity index (χ1) is 9.54. The van der Waals surface area contributed by atoms with Crippen LogP contribution in [0, 0.1) is 0 Å². The minimum atomic E-state index is -0.453. The number of nitrogens with zero attached hydrogens (tertiary/aromatic N) is 2. The summed E-state index contributed by atoms with van der Waals surface area (Å²) in [5, 5.41) is 0. The van der Waals surface area contributed by atoms with E-state index >= 15 is 0 Å². The highest BCUT2D eigenvalue weighted by Crippen LogP contribution is 2.05. The highest BCUT2D eigenvalue weighted by Gasteiger charge is 2.20. The van der Waals surface area contributed by atoms with E-state index in [0.717, 1.165) is 31.6 Å². The second-order valence-electron chi connectivity index (χ2n) is 5.42. The van der Waals surface area contributed by atoms with Gasteiger partial charge in [0.1, 0.15) is 0 Å². The molecule has 0 spiro atoms. The molecule has 2 N–H and O–H groups in total. The first kappa shape index (κ1) is 16.7. The summed E-state index contributed by atoms with van der Waals surface area (Å²) in [7, 11) is 4.02. The number of nitrogens with two attached hydrogens (primary N) is 1. The Morgan fingerprint density at radius 2 is 1.80 bits per heavy atom. The molecule has 0 bridgehead atoms. The van der Waals surface area contributed by atoms with Crippen molar-refractivity contribution in [2.45, 2.75) is 25.8 Å². The molecular formula is C16H27N3O. The SMILES string of the molecule is CCCN(CCN(C)C)C(=O)C(N)Cc1ccccc1. The fraction of sp³-hybridized carbons (Fsp3) is 0.562. The summed E-state index contributed by atoms with van der Waals surface area (Å²) in [6, 6.07) is 9.49. The van der Waals surface area contributed by atoms with Crippen LogP contribution in [0.4, 0.5) is 0 Å². The van der Waals surface area contributed by atoms with Gasteiger partial charge >= 0.3 is 0 Å². The van der Waals surface area contributed by atoms with Crippen LogP contribution >= 0.6 is 0 Å². The van der Waals surface area contributed by atoms with Gasteiger partial charge in [-0.2, -0.15) is 0 Å². The Morgan fingerprint density at radius 1 is 1.15 bits per heavy atom. The predicted octanol–water partition coefficient (Wildman–Crippen LogP) is 1.36. The second-order valence-corrected chi connectivity index (χ2v) is 5.42. The molecule has 0 saturated carbocycles. The first-order valence-electron chi connectivity index (χ1n) is 7.27. The van der Waals surface area contributed by atoms with Crippen molar-refractivity contribution in [1.29, 1.82) is 0 Å². The van der Waals surface area contributed by atoms with E-state index in [1.54, 1.807) is 0 Å². The van der Waals surface area contributed by atoms with Crippen molar-refractivity contribution in [1.82, 2.24) is 9.80 Å². The third kappa shape index (κ3) is 5.72. The van der Waals surface area contributed by atoms with Gasteiger partial charge < -0.3 is 15.5 Å². The van der Waals surface area contributed by atoms with Gasteiger partial charge in [0.05, 0.1) is 6.04 Å². The number of carbonyl (C=O) groups is 1. The molecule has 1 aromatic rings. The van der Waals surface area contributed by atoms with Crippen molar-refractivity contribution in [3.8, 4) is 0 Å². The Hall–Kier alpha value is -1.39. The quantitative estimate of drug-likeness (QED) is 0.780. The van der Waals surface area contributed by atoms with Crippen molar-refractivity contribution >= 4 is 5.91 Å². The number of hydrogen-bond donors (Lipinski definition) is 1. The minimum Gasteiger partial charge on any atom is -0.340 e.